The zero-order valence-corrected chi connectivity index (χ0v) is 20.4. The molecule has 0 fully saturated rings. The molecular weight excluding hydrogens is 450 g/mol. The van der Waals surface area contributed by atoms with Crippen LogP contribution in [0.2, 0.25) is 0 Å². The number of methoxy groups -OCH3 is 2. The monoisotopic (exact) mass is 479 g/mol. The van der Waals surface area contributed by atoms with Gasteiger partial charge >= 0.3 is 5.97 Å². The number of esters is 1. The van der Waals surface area contributed by atoms with Crippen molar-refractivity contribution in [2.24, 2.45) is 0 Å². The van der Waals surface area contributed by atoms with Gasteiger partial charge in [-0.05, 0) is 28.3 Å². The van der Waals surface area contributed by atoms with Crippen LogP contribution in [0.3, 0.4) is 0 Å². The van der Waals surface area contributed by atoms with Crippen LogP contribution in [0.5, 0.6) is 5.75 Å². The molecule has 0 aromatic heterocycles. The zero-order valence-electron chi connectivity index (χ0n) is 20.4. The summed E-state index contributed by atoms with van der Waals surface area (Å²) in [4.78, 5) is 27.4. The predicted molar refractivity (Wildman–Crippen MR) is 140 cm³/mol. The normalized spacial score (nSPS) is 11.8. The van der Waals surface area contributed by atoms with E-state index in [2.05, 4.69) is 5.32 Å². The van der Waals surface area contributed by atoms with Gasteiger partial charge in [0, 0.05) is 6.42 Å². The van der Waals surface area contributed by atoms with Gasteiger partial charge in [0.2, 0.25) is 5.91 Å². The smallest absolute Gasteiger partial charge is 0.328 e. The Labute approximate surface area is 211 Å². The lowest BCUT2D eigenvalue weighted by molar-refractivity contribution is -0.145. The number of para-hydroxylation sites is 1. The van der Waals surface area contributed by atoms with Crippen molar-refractivity contribution < 1.29 is 19.1 Å². The van der Waals surface area contributed by atoms with Gasteiger partial charge in [-0.25, -0.2) is 4.79 Å². The van der Waals surface area contributed by atoms with Crippen LogP contribution in [0.1, 0.15) is 22.3 Å². The molecule has 0 spiro atoms. The molecule has 0 unspecified atom stereocenters. The molecule has 4 aromatic rings. The molecule has 0 bridgehead atoms. The summed E-state index contributed by atoms with van der Waals surface area (Å²) in [7, 11) is 2.90. The van der Waals surface area contributed by atoms with Crippen molar-refractivity contribution in [3.05, 3.63) is 138 Å². The van der Waals surface area contributed by atoms with E-state index in [1.54, 1.807) is 7.11 Å². The summed E-state index contributed by atoms with van der Waals surface area (Å²) in [5, 5.41) is 3.03. The number of ether oxygens (including phenoxy) is 2. The van der Waals surface area contributed by atoms with Crippen molar-refractivity contribution in [3.63, 3.8) is 0 Å². The second-order valence-electron chi connectivity index (χ2n) is 8.41. The van der Waals surface area contributed by atoms with Crippen molar-refractivity contribution >= 4 is 11.9 Å². The van der Waals surface area contributed by atoms with Gasteiger partial charge in [0.15, 0.2) is 0 Å². The maximum absolute atomic E-state index is 14.5. The molecule has 5 nitrogen and oxygen atoms in total. The highest BCUT2D eigenvalue weighted by Crippen LogP contribution is 2.39. The van der Waals surface area contributed by atoms with Crippen molar-refractivity contribution in [1.82, 2.24) is 5.32 Å². The van der Waals surface area contributed by atoms with E-state index < -0.39 is 17.4 Å². The molecule has 0 saturated heterocycles. The Balaban J connectivity index is 1.85. The molecule has 0 aliphatic rings. The molecule has 1 atom stereocenters. The summed E-state index contributed by atoms with van der Waals surface area (Å²) in [5.41, 5.74) is 1.97. The van der Waals surface area contributed by atoms with Crippen molar-refractivity contribution in [2.75, 3.05) is 14.2 Å². The van der Waals surface area contributed by atoms with Crippen LogP contribution < -0.4 is 10.1 Å². The SMILES string of the molecule is COC(=O)[C@H](Cc1ccccc1OC)NC(=O)C(c1ccccc1)(c1ccccc1)c1ccccc1. The topological polar surface area (TPSA) is 64.6 Å². The first-order valence-corrected chi connectivity index (χ1v) is 11.8. The Hall–Kier alpha value is -4.38. The first-order valence-electron chi connectivity index (χ1n) is 11.8. The molecule has 0 heterocycles. The van der Waals surface area contributed by atoms with E-state index in [-0.39, 0.29) is 12.3 Å². The Morgan fingerprint density at radius 1 is 0.694 bits per heavy atom. The van der Waals surface area contributed by atoms with E-state index in [0.29, 0.717) is 5.75 Å². The Morgan fingerprint density at radius 2 is 1.14 bits per heavy atom. The molecular formula is C31H29NO4. The molecule has 0 radical (unpaired) electrons. The minimum Gasteiger partial charge on any atom is -0.496 e. The zero-order chi connectivity index (χ0) is 25.4. The Bertz CT molecular complexity index is 1190. The highest BCUT2D eigenvalue weighted by Gasteiger charge is 2.45. The molecule has 182 valence electrons. The van der Waals surface area contributed by atoms with Crippen molar-refractivity contribution in [3.8, 4) is 5.75 Å². The first kappa shape index (κ1) is 24.7. The predicted octanol–water partition coefficient (Wildman–Crippen LogP) is 4.93. The summed E-state index contributed by atoms with van der Waals surface area (Å²) in [6, 6.07) is 35.4. The van der Waals surface area contributed by atoms with Crippen LogP contribution in [0.15, 0.2) is 115 Å². The molecule has 0 saturated carbocycles. The molecule has 36 heavy (non-hydrogen) atoms. The lowest BCUT2D eigenvalue weighted by atomic mass is 9.68. The fourth-order valence-electron chi connectivity index (χ4n) is 4.65. The van der Waals surface area contributed by atoms with Gasteiger partial charge in [0.05, 0.1) is 14.2 Å². The maximum atomic E-state index is 14.5. The molecule has 0 aliphatic heterocycles. The third-order valence-corrected chi connectivity index (χ3v) is 6.37. The van der Waals surface area contributed by atoms with Crippen LogP contribution in [0, 0.1) is 0 Å². The van der Waals surface area contributed by atoms with Crippen LogP contribution >= 0.6 is 0 Å². The summed E-state index contributed by atoms with van der Waals surface area (Å²) < 4.78 is 10.6. The maximum Gasteiger partial charge on any atom is 0.328 e. The summed E-state index contributed by atoms with van der Waals surface area (Å²) in [5.74, 6) is -0.213. The largest absolute Gasteiger partial charge is 0.496 e. The number of nitrogens with one attached hydrogen (secondary N) is 1. The summed E-state index contributed by atoms with van der Waals surface area (Å²) in [6.45, 7) is 0. The number of carbonyl (C=O) groups excluding carboxylic acids is 2. The van der Waals surface area contributed by atoms with Crippen LogP contribution in [-0.2, 0) is 26.2 Å². The van der Waals surface area contributed by atoms with Gasteiger partial charge in [-0.15, -0.1) is 0 Å². The standard InChI is InChI=1S/C31H29NO4/c1-35-28-21-13-12-14-23(28)22-27(29(33)36-2)32-30(34)31(24-15-6-3-7-16-24,25-17-8-4-9-18-25)26-19-10-5-11-20-26/h3-21,27H,22H2,1-2H3,(H,32,34)/t27-/m0/s1. The second-order valence-corrected chi connectivity index (χ2v) is 8.41. The molecule has 1 amide bonds. The van der Waals surface area contributed by atoms with Gasteiger partial charge < -0.3 is 14.8 Å². The molecule has 4 rings (SSSR count). The van der Waals surface area contributed by atoms with Gasteiger partial charge in [0.25, 0.3) is 0 Å². The lowest BCUT2D eigenvalue weighted by Gasteiger charge is -2.35. The fraction of sp³-hybridized carbons (Fsp3) is 0.161. The van der Waals surface area contributed by atoms with Crippen molar-refractivity contribution in [2.45, 2.75) is 17.9 Å². The third-order valence-electron chi connectivity index (χ3n) is 6.37. The highest BCUT2D eigenvalue weighted by atomic mass is 16.5. The van der Waals surface area contributed by atoms with Crippen LogP contribution in [-0.4, -0.2) is 32.1 Å². The minimum atomic E-state index is -1.20. The average Bonchev–Trinajstić information content (AvgIpc) is 2.94. The number of hydrogen-bond acceptors (Lipinski definition) is 4. The molecule has 0 aliphatic carbocycles. The van der Waals surface area contributed by atoms with Crippen LogP contribution in [0.25, 0.3) is 0 Å². The number of hydrogen-bond donors (Lipinski definition) is 1. The second kappa shape index (κ2) is 11.4. The van der Waals surface area contributed by atoms with Gasteiger partial charge in [-0.2, -0.15) is 0 Å². The fourth-order valence-corrected chi connectivity index (χ4v) is 4.65. The molecule has 5 heteroatoms. The molecule has 4 aromatic carbocycles. The van der Waals surface area contributed by atoms with Gasteiger partial charge in [0.1, 0.15) is 17.2 Å². The van der Waals surface area contributed by atoms with E-state index in [9.17, 15) is 9.59 Å². The number of rotatable bonds is 9. The Morgan fingerprint density at radius 3 is 1.58 bits per heavy atom. The minimum absolute atomic E-state index is 0.219. The lowest BCUT2D eigenvalue weighted by Crippen LogP contribution is -2.52. The van der Waals surface area contributed by atoms with Crippen LogP contribution in [0.4, 0.5) is 0 Å². The number of benzene rings is 4. The highest BCUT2D eigenvalue weighted by molar-refractivity contribution is 5.98. The quantitative estimate of drug-likeness (QED) is 0.273. The number of carbonyl (C=O) groups is 2. The van der Waals surface area contributed by atoms with E-state index in [1.165, 1.54) is 7.11 Å². The van der Waals surface area contributed by atoms with Crippen molar-refractivity contribution in [1.29, 1.82) is 0 Å². The van der Waals surface area contributed by atoms with E-state index >= 15 is 0 Å². The summed E-state index contributed by atoms with van der Waals surface area (Å²) in [6.07, 6.45) is 0.219. The third kappa shape index (κ3) is 4.86. The average molecular weight is 480 g/mol. The summed E-state index contributed by atoms with van der Waals surface area (Å²) >= 11 is 0. The van der Waals surface area contributed by atoms with Gasteiger partial charge in [-0.3, -0.25) is 4.79 Å². The molecule has 1 N–H and O–H groups in total. The Kier molecular flexibility index (Phi) is 7.81. The number of amides is 1. The van der Waals surface area contributed by atoms with Gasteiger partial charge in [-0.1, -0.05) is 109 Å². The van der Waals surface area contributed by atoms with E-state index in [0.717, 1.165) is 22.3 Å². The van der Waals surface area contributed by atoms with E-state index in [1.807, 2.05) is 115 Å². The first-order chi connectivity index (χ1) is 17.6. The van der Waals surface area contributed by atoms with E-state index in [4.69, 9.17) is 9.47 Å².